The summed E-state index contributed by atoms with van der Waals surface area (Å²) in [6.45, 7) is 0. The standard InChI is InChI=1S/C22H18N2O4S/c1-28-21(27)11-16-10-20(26)24-22(23-16)29-12-19(25)15-7-6-14-8-13-4-2-3-5-17(13)18(14)9-15/h2-7,9-10H,8,11-12H2,1H3,(H,23,24,26). The number of thioether (sulfide) groups is 1. The van der Waals surface area contributed by atoms with Gasteiger partial charge in [-0.2, -0.15) is 0 Å². The van der Waals surface area contributed by atoms with Gasteiger partial charge in [0.15, 0.2) is 10.9 Å². The maximum atomic E-state index is 12.7. The first-order valence-corrected chi connectivity index (χ1v) is 10.1. The molecule has 0 amide bonds. The van der Waals surface area contributed by atoms with E-state index in [2.05, 4.69) is 26.8 Å². The summed E-state index contributed by atoms with van der Waals surface area (Å²) in [5, 5.41) is 0.302. The number of aromatic nitrogens is 2. The molecule has 6 nitrogen and oxygen atoms in total. The number of benzene rings is 2. The summed E-state index contributed by atoms with van der Waals surface area (Å²) >= 11 is 1.14. The molecule has 1 aliphatic rings. The fourth-order valence-electron chi connectivity index (χ4n) is 3.38. The van der Waals surface area contributed by atoms with E-state index in [-0.39, 0.29) is 23.5 Å². The number of carbonyl (C=O) groups is 2. The predicted octanol–water partition coefficient (Wildman–Crippen LogP) is 3.03. The molecule has 3 aromatic rings. The first-order valence-electron chi connectivity index (χ1n) is 9.08. The lowest BCUT2D eigenvalue weighted by Gasteiger charge is -2.06. The summed E-state index contributed by atoms with van der Waals surface area (Å²) in [5.41, 5.74) is 5.32. The number of aromatic amines is 1. The summed E-state index contributed by atoms with van der Waals surface area (Å²) < 4.78 is 4.60. The number of hydrogen-bond donors (Lipinski definition) is 1. The van der Waals surface area contributed by atoms with Gasteiger partial charge < -0.3 is 9.72 Å². The zero-order valence-corrected chi connectivity index (χ0v) is 16.5. The molecule has 0 spiro atoms. The van der Waals surface area contributed by atoms with Crippen LogP contribution in [0.4, 0.5) is 0 Å². The average molecular weight is 406 g/mol. The first kappa shape index (κ1) is 19.1. The summed E-state index contributed by atoms with van der Waals surface area (Å²) in [4.78, 5) is 42.7. The van der Waals surface area contributed by atoms with Crippen molar-refractivity contribution in [2.24, 2.45) is 0 Å². The van der Waals surface area contributed by atoms with Crippen LogP contribution in [-0.2, 0) is 22.4 Å². The minimum absolute atomic E-state index is 0.0526. The molecular weight excluding hydrogens is 388 g/mol. The molecule has 0 aliphatic heterocycles. The van der Waals surface area contributed by atoms with Crippen molar-refractivity contribution in [1.82, 2.24) is 9.97 Å². The van der Waals surface area contributed by atoms with Crippen molar-refractivity contribution >= 4 is 23.5 Å². The van der Waals surface area contributed by atoms with Crippen LogP contribution in [0, 0.1) is 0 Å². The van der Waals surface area contributed by atoms with Crippen LogP contribution in [0.5, 0.6) is 0 Å². The van der Waals surface area contributed by atoms with Crippen molar-refractivity contribution in [2.45, 2.75) is 18.0 Å². The maximum absolute atomic E-state index is 12.7. The molecule has 4 rings (SSSR count). The highest BCUT2D eigenvalue weighted by Gasteiger charge is 2.19. The van der Waals surface area contributed by atoms with Crippen LogP contribution in [0.2, 0.25) is 0 Å². The molecule has 1 aromatic heterocycles. The molecule has 0 saturated heterocycles. The van der Waals surface area contributed by atoms with Gasteiger partial charge in [0.25, 0.3) is 5.56 Å². The molecule has 0 fully saturated rings. The Morgan fingerprint density at radius 2 is 1.90 bits per heavy atom. The second-order valence-electron chi connectivity index (χ2n) is 6.71. The molecule has 1 aliphatic carbocycles. The lowest BCUT2D eigenvalue weighted by atomic mass is 10.0. The molecule has 2 aromatic carbocycles. The number of ether oxygens (including phenoxy) is 1. The summed E-state index contributed by atoms with van der Waals surface area (Å²) in [7, 11) is 1.28. The Morgan fingerprint density at radius 1 is 1.10 bits per heavy atom. The van der Waals surface area contributed by atoms with Crippen molar-refractivity contribution in [3.63, 3.8) is 0 Å². The first-order chi connectivity index (χ1) is 14.0. The van der Waals surface area contributed by atoms with Crippen LogP contribution in [0.3, 0.4) is 0 Å². The van der Waals surface area contributed by atoms with E-state index in [1.807, 2.05) is 30.3 Å². The number of H-pyrrole nitrogens is 1. The predicted molar refractivity (Wildman–Crippen MR) is 110 cm³/mol. The van der Waals surface area contributed by atoms with Crippen LogP contribution in [-0.4, -0.2) is 34.6 Å². The minimum Gasteiger partial charge on any atom is -0.469 e. The van der Waals surface area contributed by atoms with E-state index >= 15 is 0 Å². The van der Waals surface area contributed by atoms with Crippen molar-refractivity contribution < 1.29 is 14.3 Å². The number of rotatable bonds is 6. The van der Waals surface area contributed by atoms with Crippen molar-refractivity contribution in [2.75, 3.05) is 12.9 Å². The van der Waals surface area contributed by atoms with Crippen LogP contribution >= 0.6 is 11.8 Å². The molecule has 7 heteroatoms. The van der Waals surface area contributed by atoms with Gasteiger partial charge in [-0.15, -0.1) is 0 Å². The molecule has 29 heavy (non-hydrogen) atoms. The van der Waals surface area contributed by atoms with Crippen molar-refractivity contribution in [1.29, 1.82) is 0 Å². The lowest BCUT2D eigenvalue weighted by molar-refractivity contribution is -0.139. The van der Waals surface area contributed by atoms with Gasteiger partial charge in [0, 0.05) is 11.6 Å². The monoisotopic (exact) mass is 406 g/mol. The normalized spacial score (nSPS) is 11.6. The van der Waals surface area contributed by atoms with Gasteiger partial charge in [-0.3, -0.25) is 14.4 Å². The van der Waals surface area contributed by atoms with Gasteiger partial charge in [0.05, 0.1) is 25.0 Å². The number of fused-ring (bicyclic) bond motifs is 3. The lowest BCUT2D eigenvalue weighted by Crippen LogP contribution is -2.14. The second-order valence-corrected chi connectivity index (χ2v) is 7.68. The fourth-order valence-corrected chi connectivity index (χ4v) is 4.17. The van der Waals surface area contributed by atoms with Crippen LogP contribution in [0.15, 0.2) is 58.5 Å². The number of carbonyl (C=O) groups excluding carboxylic acids is 2. The Balaban J connectivity index is 1.49. The highest BCUT2D eigenvalue weighted by molar-refractivity contribution is 7.99. The van der Waals surface area contributed by atoms with Crippen molar-refractivity contribution in [3.05, 3.63) is 81.3 Å². The number of esters is 1. The van der Waals surface area contributed by atoms with Gasteiger partial charge in [0.1, 0.15) is 0 Å². The molecule has 0 atom stereocenters. The fraction of sp³-hybridized carbons (Fsp3) is 0.182. The largest absolute Gasteiger partial charge is 0.469 e. The molecule has 146 valence electrons. The van der Waals surface area contributed by atoms with Crippen molar-refractivity contribution in [3.8, 4) is 11.1 Å². The number of hydrogen-bond acceptors (Lipinski definition) is 6. The number of nitrogens with one attached hydrogen (secondary N) is 1. The SMILES string of the molecule is COC(=O)Cc1cc(=O)[nH]c(SCC(=O)c2ccc3c(c2)-c2ccccc2C3)n1. The summed E-state index contributed by atoms with van der Waals surface area (Å²) in [6.07, 6.45) is 0.791. The molecule has 1 N–H and O–H groups in total. The van der Waals surface area contributed by atoms with Gasteiger partial charge in [-0.1, -0.05) is 48.2 Å². The average Bonchev–Trinajstić information content (AvgIpc) is 3.09. The molecule has 0 bridgehead atoms. The Kier molecular flexibility index (Phi) is 5.31. The Morgan fingerprint density at radius 3 is 2.72 bits per heavy atom. The highest BCUT2D eigenvalue weighted by atomic mass is 32.2. The zero-order valence-electron chi connectivity index (χ0n) is 15.7. The number of Topliss-reactive ketones (excluding diaryl/α,β-unsaturated/α-hetero) is 1. The third kappa shape index (κ3) is 4.14. The number of methoxy groups -OCH3 is 1. The van der Waals surface area contributed by atoms with E-state index in [9.17, 15) is 14.4 Å². The van der Waals surface area contributed by atoms with E-state index in [0.29, 0.717) is 16.4 Å². The molecule has 0 saturated carbocycles. The van der Waals surface area contributed by atoms with Gasteiger partial charge >= 0.3 is 5.97 Å². The van der Waals surface area contributed by atoms with E-state index in [1.165, 1.54) is 29.9 Å². The van der Waals surface area contributed by atoms with E-state index < -0.39 is 5.97 Å². The summed E-state index contributed by atoms with van der Waals surface area (Å²) in [6, 6.07) is 15.2. The quantitative estimate of drug-likeness (QED) is 0.229. The Labute approximate surface area is 171 Å². The third-order valence-electron chi connectivity index (χ3n) is 4.79. The van der Waals surface area contributed by atoms with Gasteiger partial charge in [-0.25, -0.2) is 4.98 Å². The molecule has 1 heterocycles. The van der Waals surface area contributed by atoms with Gasteiger partial charge in [-0.05, 0) is 34.7 Å². The topological polar surface area (TPSA) is 89.1 Å². The zero-order chi connectivity index (χ0) is 20.4. The van der Waals surface area contributed by atoms with Crippen LogP contribution < -0.4 is 5.56 Å². The molecule has 0 unspecified atom stereocenters. The molecular formula is C22H18N2O4S. The molecule has 0 radical (unpaired) electrons. The van der Waals surface area contributed by atoms with Crippen LogP contribution in [0.1, 0.15) is 27.2 Å². The van der Waals surface area contributed by atoms with E-state index in [4.69, 9.17) is 0 Å². The highest BCUT2D eigenvalue weighted by Crippen LogP contribution is 2.37. The second kappa shape index (κ2) is 8.05. The third-order valence-corrected chi connectivity index (χ3v) is 5.66. The Hall–Kier alpha value is -3.19. The van der Waals surface area contributed by atoms with Crippen LogP contribution in [0.25, 0.3) is 11.1 Å². The van der Waals surface area contributed by atoms with E-state index in [0.717, 1.165) is 23.7 Å². The minimum atomic E-state index is -0.478. The summed E-state index contributed by atoms with van der Waals surface area (Å²) in [5.74, 6) is -0.401. The number of nitrogens with zero attached hydrogens (tertiary/aromatic N) is 1. The maximum Gasteiger partial charge on any atom is 0.311 e. The smallest absolute Gasteiger partial charge is 0.311 e. The van der Waals surface area contributed by atoms with E-state index in [1.54, 1.807) is 0 Å². The van der Waals surface area contributed by atoms with Gasteiger partial charge in [0.2, 0.25) is 0 Å². The Bertz CT molecular complexity index is 1170. The number of ketones is 1.